The molecular formula is C14H19N3. The van der Waals surface area contributed by atoms with Crippen molar-refractivity contribution >= 4 is 0 Å². The molecule has 0 aliphatic rings. The van der Waals surface area contributed by atoms with Gasteiger partial charge in [-0.1, -0.05) is 37.3 Å². The number of nitrogens with two attached hydrogens (primary N) is 1. The molecule has 1 aromatic heterocycles. The standard InChI is InChI=1S/C14H19N3/c1-10(9-15)8-13-16-11(2)14(17-13)12-6-4-3-5-7-12/h3-7,10H,8-9,15H2,1-2H3,(H,16,17). The SMILES string of the molecule is Cc1[nH]c(CC(C)CN)nc1-c1ccccc1. The van der Waals surface area contributed by atoms with Crippen molar-refractivity contribution in [3.8, 4) is 11.3 Å². The Morgan fingerprint density at radius 1 is 1.29 bits per heavy atom. The Morgan fingerprint density at radius 3 is 2.65 bits per heavy atom. The highest BCUT2D eigenvalue weighted by Crippen LogP contribution is 2.21. The second-order valence-electron chi connectivity index (χ2n) is 4.57. The normalized spacial score (nSPS) is 12.6. The fourth-order valence-corrected chi connectivity index (χ4v) is 1.91. The van der Waals surface area contributed by atoms with Gasteiger partial charge in [0.2, 0.25) is 0 Å². The number of hydrogen-bond acceptors (Lipinski definition) is 2. The van der Waals surface area contributed by atoms with Crippen molar-refractivity contribution in [2.75, 3.05) is 6.54 Å². The highest BCUT2D eigenvalue weighted by Gasteiger charge is 2.10. The van der Waals surface area contributed by atoms with E-state index in [0.29, 0.717) is 12.5 Å². The molecule has 1 unspecified atom stereocenters. The molecule has 3 nitrogen and oxygen atoms in total. The van der Waals surface area contributed by atoms with Crippen LogP contribution in [0.4, 0.5) is 0 Å². The highest BCUT2D eigenvalue weighted by atomic mass is 14.9. The van der Waals surface area contributed by atoms with E-state index in [0.717, 1.165) is 29.2 Å². The molecule has 1 aromatic carbocycles. The first-order chi connectivity index (χ1) is 8.20. The molecule has 3 N–H and O–H groups in total. The van der Waals surface area contributed by atoms with Crippen molar-refractivity contribution in [1.29, 1.82) is 0 Å². The monoisotopic (exact) mass is 229 g/mol. The molecule has 0 spiro atoms. The van der Waals surface area contributed by atoms with Crippen LogP contribution in [0, 0.1) is 12.8 Å². The van der Waals surface area contributed by atoms with Crippen LogP contribution in [0.1, 0.15) is 18.4 Å². The van der Waals surface area contributed by atoms with E-state index in [1.54, 1.807) is 0 Å². The molecule has 0 bridgehead atoms. The average molecular weight is 229 g/mol. The number of H-pyrrole nitrogens is 1. The zero-order valence-electron chi connectivity index (χ0n) is 10.4. The van der Waals surface area contributed by atoms with Gasteiger partial charge in [0.05, 0.1) is 5.69 Å². The first-order valence-corrected chi connectivity index (χ1v) is 6.01. The van der Waals surface area contributed by atoms with Crippen molar-refractivity contribution in [3.05, 3.63) is 41.9 Å². The number of nitrogens with zero attached hydrogens (tertiary/aromatic N) is 1. The average Bonchev–Trinajstić information content (AvgIpc) is 2.71. The van der Waals surface area contributed by atoms with Crippen LogP contribution in [0.25, 0.3) is 11.3 Å². The summed E-state index contributed by atoms with van der Waals surface area (Å²) < 4.78 is 0. The predicted octanol–water partition coefficient (Wildman–Crippen LogP) is 2.52. The molecule has 2 aromatic rings. The van der Waals surface area contributed by atoms with Crippen LogP contribution in [-0.2, 0) is 6.42 Å². The molecule has 0 saturated carbocycles. The largest absolute Gasteiger partial charge is 0.346 e. The summed E-state index contributed by atoms with van der Waals surface area (Å²) in [7, 11) is 0. The van der Waals surface area contributed by atoms with Gasteiger partial charge in [-0.25, -0.2) is 4.98 Å². The van der Waals surface area contributed by atoms with Crippen molar-refractivity contribution in [2.24, 2.45) is 11.7 Å². The first-order valence-electron chi connectivity index (χ1n) is 6.01. The van der Waals surface area contributed by atoms with E-state index in [1.165, 1.54) is 0 Å². The van der Waals surface area contributed by atoms with Crippen LogP contribution in [-0.4, -0.2) is 16.5 Å². The fourth-order valence-electron chi connectivity index (χ4n) is 1.91. The molecule has 0 aliphatic carbocycles. The van der Waals surface area contributed by atoms with Crippen molar-refractivity contribution in [1.82, 2.24) is 9.97 Å². The van der Waals surface area contributed by atoms with E-state index in [2.05, 4.69) is 35.9 Å². The molecule has 1 atom stereocenters. The summed E-state index contributed by atoms with van der Waals surface area (Å²) in [6.45, 7) is 4.90. The molecule has 2 rings (SSSR count). The summed E-state index contributed by atoms with van der Waals surface area (Å²) in [4.78, 5) is 8.00. The van der Waals surface area contributed by atoms with Crippen molar-refractivity contribution < 1.29 is 0 Å². The molecular weight excluding hydrogens is 210 g/mol. The quantitative estimate of drug-likeness (QED) is 0.846. The number of hydrogen-bond donors (Lipinski definition) is 2. The van der Waals surface area contributed by atoms with Gasteiger partial charge in [-0.3, -0.25) is 0 Å². The molecule has 3 heteroatoms. The lowest BCUT2D eigenvalue weighted by Crippen LogP contribution is -2.13. The van der Waals surface area contributed by atoms with Crippen molar-refractivity contribution in [3.63, 3.8) is 0 Å². The van der Waals surface area contributed by atoms with Crippen LogP contribution < -0.4 is 5.73 Å². The minimum atomic E-state index is 0.462. The second kappa shape index (κ2) is 5.15. The van der Waals surface area contributed by atoms with E-state index in [9.17, 15) is 0 Å². The van der Waals surface area contributed by atoms with E-state index in [4.69, 9.17) is 5.73 Å². The van der Waals surface area contributed by atoms with E-state index in [1.807, 2.05) is 18.2 Å². The number of rotatable bonds is 4. The second-order valence-corrected chi connectivity index (χ2v) is 4.57. The van der Waals surface area contributed by atoms with Gasteiger partial charge in [0.25, 0.3) is 0 Å². The Hall–Kier alpha value is -1.61. The van der Waals surface area contributed by atoms with E-state index >= 15 is 0 Å². The molecule has 1 heterocycles. The van der Waals surface area contributed by atoms with Gasteiger partial charge in [-0.15, -0.1) is 0 Å². The summed E-state index contributed by atoms with van der Waals surface area (Å²) in [6, 6.07) is 10.2. The zero-order valence-corrected chi connectivity index (χ0v) is 10.4. The highest BCUT2D eigenvalue weighted by molar-refractivity contribution is 5.61. The summed E-state index contributed by atoms with van der Waals surface area (Å²) in [5.74, 6) is 1.49. The Labute approximate surface area is 102 Å². The van der Waals surface area contributed by atoms with Gasteiger partial charge in [0.15, 0.2) is 0 Å². The first kappa shape index (κ1) is 11.9. The van der Waals surface area contributed by atoms with Crippen LogP contribution in [0.5, 0.6) is 0 Å². The third kappa shape index (κ3) is 2.74. The maximum Gasteiger partial charge on any atom is 0.107 e. The molecule has 17 heavy (non-hydrogen) atoms. The Morgan fingerprint density at radius 2 is 2.00 bits per heavy atom. The van der Waals surface area contributed by atoms with E-state index < -0.39 is 0 Å². The smallest absolute Gasteiger partial charge is 0.107 e. The summed E-state index contributed by atoms with van der Waals surface area (Å²) in [6.07, 6.45) is 0.907. The summed E-state index contributed by atoms with van der Waals surface area (Å²) in [5, 5.41) is 0. The number of imidazole rings is 1. The lowest BCUT2D eigenvalue weighted by atomic mass is 10.1. The molecule has 0 aliphatic heterocycles. The minimum absolute atomic E-state index is 0.462. The molecule has 0 fully saturated rings. The van der Waals surface area contributed by atoms with Gasteiger partial charge < -0.3 is 10.7 Å². The lowest BCUT2D eigenvalue weighted by Gasteiger charge is -2.04. The van der Waals surface area contributed by atoms with Gasteiger partial charge >= 0.3 is 0 Å². The number of aromatic amines is 1. The van der Waals surface area contributed by atoms with Crippen molar-refractivity contribution in [2.45, 2.75) is 20.3 Å². The predicted molar refractivity (Wildman–Crippen MR) is 70.7 cm³/mol. The third-order valence-electron chi connectivity index (χ3n) is 2.93. The Balaban J connectivity index is 2.25. The van der Waals surface area contributed by atoms with Crippen LogP contribution in [0.3, 0.4) is 0 Å². The van der Waals surface area contributed by atoms with Crippen LogP contribution >= 0.6 is 0 Å². The Kier molecular flexibility index (Phi) is 3.59. The minimum Gasteiger partial charge on any atom is -0.346 e. The molecule has 0 saturated heterocycles. The van der Waals surface area contributed by atoms with Gasteiger partial charge in [-0.05, 0) is 19.4 Å². The fraction of sp³-hybridized carbons (Fsp3) is 0.357. The van der Waals surface area contributed by atoms with Gasteiger partial charge in [-0.2, -0.15) is 0 Å². The summed E-state index contributed by atoms with van der Waals surface area (Å²) in [5.41, 5.74) is 8.96. The van der Waals surface area contributed by atoms with Crippen LogP contribution in [0.2, 0.25) is 0 Å². The number of aromatic nitrogens is 2. The molecule has 0 amide bonds. The molecule has 0 radical (unpaired) electrons. The third-order valence-corrected chi connectivity index (χ3v) is 2.93. The number of aryl methyl sites for hydroxylation is 1. The summed E-state index contributed by atoms with van der Waals surface area (Å²) >= 11 is 0. The maximum absolute atomic E-state index is 5.63. The van der Waals surface area contributed by atoms with Gasteiger partial charge in [0, 0.05) is 17.7 Å². The van der Waals surface area contributed by atoms with E-state index in [-0.39, 0.29) is 0 Å². The van der Waals surface area contributed by atoms with Gasteiger partial charge in [0.1, 0.15) is 5.82 Å². The molecule has 90 valence electrons. The Bertz CT molecular complexity index is 473. The maximum atomic E-state index is 5.63. The van der Waals surface area contributed by atoms with Crippen LogP contribution in [0.15, 0.2) is 30.3 Å². The number of nitrogens with one attached hydrogen (secondary N) is 1. The zero-order chi connectivity index (χ0) is 12.3. The topological polar surface area (TPSA) is 54.7 Å². The lowest BCUT2D eigenvalue weighted by molar-refractivity contribution is 0.577. The number of benzene rings is 1.